The number of fused-ring (bicyclic) bond motifs is 8. The number of aromatic nitrogens is 4. The molecule has 0 saturated heterocycles. The second kappa shape index (κ2) is 8.85. The zero-order valence-corrected chi connectivity index (χ0v) is 22.2. The molecule has 0 amide bonds. The maximum atomic E-state index is 11.4. The van der Waals surface area contributed by atoms with Gasteiger partial charge < -0.3 is 9.97 Å². The van der Waals surface area contributed by atoms with E-state index < -0.39 is 10.1 Å². The van der Waals surface area contributed by atoms with Crippen LogP contribution in [0.5, 0.6) is 0 Å². The molecule has 2 aliphatic rings. The fourth-order valence-electron chi connectivity index (χ4n) is 4.06. The number of aromatic amines is 2. The third kappa shape index (κ3) is 4.79. The number of nitrogens with one attached hydrogen (secondary N) is 2. The average Bonchev–Trinajstić information content (AvgIpc) is 3.58. The van der Waals surface area contributed by atoms with E-state index in [0.29, 0.717) is 0 Å². The minimum absolute atomic E-state index is 0. The first-order valence-electron chi connectivity index (χ1n) is 10.6. The smallest absolute Gasteiger partial charge is 0.355 e. The molecule has 8 bridgehead atoms. The Hall–Kier alpha value is -3.65. The Morgan fingerprint density at radius 2 is 1.14 bits per heavy atom. The van der Waals surface area contributed by atoms with Gasteiger partial charge in [0.05, 0.1) is 27.7 Å². The quantitative estimate of drug-likeness (QED) is 0.200. The van der Waals surface area contributed by atoms with Gasteiger partial charge in [0.15, 0.2) is 0 Å². The van der Waals surface area contributed by atoms with Crippen LogP contribution >= 0.6 is 0 Å². The summed E-state index contributed by atoms with van der Waals surface area (Å²) in [5.74, 6) is 0. The second-order valence-corrected chi connectivity index (χ2v) is 9.51. The normalized spacial score (nSPS) is 12.5. The zero-order chi connectivity index (χ0) is 23.3. The first-order chi connectivity index (χ1) is 16.4. The predicted octanol–water partition coefficient (Wildman–Crippen LogP) is 5.57. The van der Waals surface area contributed by atoms with E-state index in [1.165, 1.54) is 12.1 Å². The van der Waals surface area contributed by atoms with Crippen LogP contribution in [0.3, 0.4) is 0 Å². The van der Waals surface area contributed by atoms with Crippen LogP contribution in [0.1, 0.15) is 22.8 Å². The molecule has 6 rings (SSSR count). The van der Waals surface area contributed by atoms with Crippen molar-refractivity contribution in [3.8, 4) is 11.1 Å². The molecule has 0 saturated carbocycles. The van der Waals surface area contributed by atoms with Crippen LogP contribution in [-0.2, 0) is 29.6 Å². The number of benzene rings is 1. The van der Waals surface area contributed by atoms with Gasteiger partial charge >= 0.3 is 19.5 Å². The summed E-state index contributed by atoms with van der Waals surface area (Å²) in [6.45, 7) is 0. The van der Waals surface area contributed by atoms with Gasteiger partial charge in [0.1, 0.15) is 0 Å². The molecule has 166 valence electrons. The van der Waals surface area contributed by atoms with Crippen molar-refractivity contribution in [2.75, 3.05) is 0 Å². The Balaban J connectivity index is 0.00000253. The molecule has 4 aromatic rings. The molecule has 1 aromatic carbocycles. The Morgan fingerprint density at radius 1 is 0.629 bits per heavy atom. The molecule has 3 aromatic heterocycles. The molecule has 0 radical (unpaired) electrons. The summed E-state index contributed by atoms with van der Waals surface area (Å²) in [6, 6.07) is 20.0. The third-order valence-corrected chi connectivity index (χ3v) is 6.50. The van der Waals surface area contributed by atoms with E-state index in [0.717, 1.165) is 56.0 Å². The molecule has 0 spiro atoms. The Bertz CT molecular complexity index is 1780. The van der Waals surface area contributed by atoms with Gasteiger partial charge in [-0.3, -0.25) is 4.55 Å². The van der Waals surface area contributed by atoms with Crippen molar-refractivity contribution in [1.29, 1.82) is 0 Å². The van der Waals surface area contributed by atoms with E-state index in [-0.39, 0.29) is 24.4 Å². The molecule has 0 fully saturated rings. The summed E-state index contributed by atoms with van der Waals surface area (Å²) in [6.07, 6.45) is 7.81. The minimum Gasteiger partial charge on any atom is -0.355 e. The number of hydrogen-bond acceptors (Lipinski definition) is 4. The van der Waals surface area contributed by atoms with Crippen molar-refractivity contribution >= 4 is 56.5 Å². The van der Waals surface area contributed by atoms with Crippen molar-refractivity contribution in [2.24, 2.45) is 0 Å². The van der Waals surface area contributed by atoms with E-state index in [1.807, 2.05) is 66.8 Å². The zero-order valence-electron chi connectivity index (χ0n) is 18.4. The summed E-state index contributed by atoms with van der Waals surface area (Å²) in [5, 5.41) is 0. The van der Waals surface area contributed by atoms with E-state index in [4.69, 9.17) is 4.98 Å². The van der Waals surface area contributed by atoms with Gasteiger partial charge in [0.2, 0.25) is 0 Å². The first-order valence-corrected chi connectivity index (χ1v) is 12.0. The van der Waals surface area contributed by atoms with Crippen LogP contribution in [0.25, 0.3) is 57.5 Å². The van der Waals surface area contributed by atoms with E-state index in [9.17, 15) is 13.0 Å². The summed E-state index contributed by atoms with van der Waals surface area (Å²) in [4.78, 5) is 16.0. The van der Waals surface area contributed by atoms with Crippen molar-refractivity contribution in [1.82, 2.24) is 19.9 Å². The van der Waals surface area contributed by atoms with Crippen LogP contribution in [0.4, 0.5) is 0 Å². The molecule has 0 unspecified atom stereocenters. The molecule has 2 aliphatic heterocycles. The topological polar surface area (TPSA) is 112 Å². The number of H-pyrrole nitrogens is 2. The Kier molecular flexibility index (Phi) is 5.85. The van der Waals surface area contributed by atoms with Crippen molar-refractivity contribution in [2.45, 2.75) is 4.90 Å². The fourth-order valence-corrected chi connectivity index (χ4v) is 4.54. The van der Waals surface area contributed by atoms with Crippen LogP contribution in [0.15, 0.2) is 71.6 Å². The molecule has 7 nitrogen and oxygen atoms in total. The van der Waals surface area contributed by atoms with Crippen LogP contribution in [0, 0.1) is 0 Å². The summed E-state index contributed by atoms with van der Waals surface area (Å²) in [7, 11) is -4.26. The number of hydrogen-bond donors (Lipinski definition) is 3. The van der Waals surface area contributed by atoms with Gasteiger partial charge in [-0.05, 0) is 84.5 Å². The molecule has 35 heavy (non-hydrogen) atoms. The third-order valence-electron chi connectivity index (χ3n) is 5.63. The second-order valence-electron chi connectivity index (χ2n) is 8.09. The Morgan fingerprint density at radius 3 is 1.69 bits per heavy atom. The van der Waals surface area contributed by atoms with Gasteiger partial charge in [-0.15, -0.1) is 0 Å². The maximum Gasteiger partial charge on any atom is 2.00 e. The van der Waals surface area contributed by atoms with Crippen molar-refractivity contribution in [3.63, 3.8) is 0 Å². The number of nitrogens with zero attached hydrogens (tertiary/aromatic N) is 2. The number of rotatable bonds is 2. The molecule has 5 heterocycles. The van der Waals surface area contributed by atoms with Gasteiger partial charge in [0, 0.05) is 27.6 Å². The maximum absolute atomic E-state index is 11.4. The Labute approximate surface area is 213 Å². The van der Waals surface area contributed by atoms with Crippen LogP contribution < -0.4 is 0 Å². The summed E-state index contributed by atoms with van der Waals surface area (Å²) < 4.78 is 32.2. The monoisotopic (exact) mass is 530 g/mol. The molecular formula is C26H18N4O3SZn+2. The van der Waals surface area contributed by atoms with Crippen molar-refractivity contribution < 1.29 is 32.4 Å². The molecule has 0 aliphatic carbocycles. The van der Waals surface area contributed by atoms with E-state index >= 15 is 0 Å². The molecule has 9 heteroatoms. The van der Waals surface area contributed by atoms with Gasteiger partial charge in [-0.25, -0.2) is 9.97 Å². The van der Waals surface area contributed by atoms with E-state index in [2.05, 4.69) is 15.0 Å². The van der Waals surface area contributed by atoms with Gasteiger partial charge in [-0.1, -0.05) is 12.1 Å². The average molecular weight is 532 g/mol. The minimum atomic E-state index is -4.26. The van der Waals surface area contributed by atoms with Crippen molar-refractivity contribution in [3.05, 3.63) is 89.5 Å². The molecule has 0 atom stereocenters. The van der Waals surface area contributed by atoms with Gasteiger partial charge in [-0.2, -0.15) is 8.42 Å². The van der Waals surface area contributed by atoms with Gasteiger partial charge in [0.25, 0.3) is 10.1 Å². The van der Waals surface area contributed by atoms with E-state index in [1.54, 1.807) is 12.1 Å². The summed E-state index contributed by atoms with van der Waals surface area (Å²) >= 11 is 0. The molecule has 3 N–H and O–H groups in total. The largest absolute Gasteiger partial charge is 2.00 e. The standard InChI is InChI=1S/C26H18N4O3S.Zn/c31-34(32,33)24-9-1-16(2-10-24)25-14-23-13-21-6-5-19(28-21)11-17-3-4-18(27-17)12-20-7-8-22(29-20)15-26(25)30-23;/h1-15,27,30H,(H,31,32,33);/q;+2. The van der Waals surface area contributed by atoms with Crippen LogP contribution in [-0.4, -0.2) is 32.9 Å². The fraction of sp³-hybridized carbons (Fsp3) is 0. The molecular weight excluding hydrogens is 514 g/mol. The summed E-state index contributed by atoms with van der Waals surface area (Å²) in [5.41, 5.74) is 8.52. The van der Waals surface area contributed by atoms with Crippen LogP contribution in [0.2, 0.25) is 0 Å². The SMILES string of the molecule is O=S(=O)(O)c1ccc(-c2cc3cc4nc(cc5ccc(cc6nc(cc2[nH]3)C=C6)[nH]5)C=C4)cc1.[Zn+2]. The predicted molar refractivity (Wildman–Crippen MR) is 134 cm³/mol. The first kappa shape index (κ1) is 23.1.